The van der Waals surface area contributed by atoms with Crippen molar-refractivity contribution in [3.05, 3.63) is 71.7 Å². The first-order chi connectivity index (χ1) is 13.7. The molecule has 6 nitrogen and oxygen atoms in total. The summed E-state index contributed by atoms with van der Waals surface area (Å²) in [6.07, 6.45) is 1.77. The Hall–Kier alpha value is -3.19. The first-order valence-electron chi connectivity index (χ1n) is 9.11. The molecule has 1 aromatic heterocycles. The molecule has 1 aliphatic heterocycles. The molecule has 0 aliphatic carbocycles. The Morgan fingerprint density at radius 1 is 0.929 bits per heavy atom. The first kappa shape index (κ1) is 18.2. The van der Waals surface area contributed by atoms with Crippen LogP contribution in [-0.2, 0) is 0 Å². The van der Waals surface area contributed by atoms with Crippen LogP contribution in [0.3, 0.4) is 0 Å². The lowest BCUT2D eigenvalue weighted by Gasteiger charge is -2.34. The van der Waals surface area contributed by atoms with Gasteiger partial charge in [0.25, 0.3) is 5.91 Å². The standard InChI is InChI=1S/C21H20N4O2S/c26-20(16-5-2-1-3-6-16)24-10-12-25(13-11-24)21(27)23-18-8-4-7-17(15-18)19-22-9-14-28-19/h1-9,14-15H,10-13H2,(H,23,27). The Balaban J connectivity index is 1.35. The monoisotopic (exact) mass is 392 g/mol. The average Bonchev–Trinajstić information content (AvgIpc) is 3.29. The van der Waals surface area contributed by atoms with E-state index < -0.39 is 0 Å². The minimum absolute atomic E-state index is 0.0109. The van der Waals surface area contributed by atoms with Crippen molar-refractivity contribution in [2.75, 3.05) is 31.5 Å². The van der Waals surface area contributed by atoms with E-state index in [2.05, 4.69) is 10.3 Å². The molecule has 1 fully saturated rings. The summed E-state index contributed by atoms with van der Waals surface area (Å²) in [5, 5.41) is 5.80. The number of nitrogens with one attached hydrogen (secondary N) is 1. The molecule has 4 rings (SSSR count). The summed E-state index contributed by atoms with van der Waals surface area (Å²) in [6.45, 7) is 2.08. The van der Waals surface area contributed by atoms with E-state index in [0.717, 1.165) is 16.3 Å². The summed E-state index contributed by atoms with van der Waals surface area (Å²) in [7, 11) is 0. The number of hydrogen-bond donors (Lipinski definition) is 1. The van der Waals surface area contributed by atoms with Crippen LogP contribution in [0, 0.1) is 0 Å². The van der Waals surface area contributed by atoms with Crippen molar-refractivity contribution >= 4 is 29.0 Å². The maximum atomic E-state index is 12.6. The number of hydrogen-bond acceptors (Lipinski definition) is 4. The van der Waals surface area contributed by atoms with Crippen LogP contribution in [-0.4, -0.2) is 52.9 Å². The minimum Gasteiger partial charge on any atom is -0.335 e. The van der Waals surface area contributed by atoms with E-state index in [1.165, 1.54) is 0 Å². The zero-order valence-electron chi connectivity index (χ0n) is 15.2. The van der Waals surface area contributed by atoms with E-state index in [4.69, 9.17) is 0 Å². The quantitative estimate of drug-likeness (QED) is 0.737. The molecule has 28 heavy (non-hydrogen) atoms. The van der Waals surface area contributed by atoms with Gasteiger partial charge in [0.1, 0.15) is 5.01 Å². The molecule has 0 bridgehead atoms. The van der Waals surface area contributed by atoms with Crippen molar-refractivity contribution in [3.8, 4) is 10.6 Å². The van der Waals surface area contributed by atoms with Crippen molar-refractivity contribution in [1.29, 1.82) is 0 Å². The van der Waals surface area contributed by atoms with Crippen LogP contribution >= 0.6 is 11.3 Å². The number of urea groups is 1. The Labute approximate surface area is 167 Å². The topological polar surface area (TPSA) is 65.5 Å². The number of benzene rings is 2. The summed E-state index contributed by atoms with van der Waals surface area (Å²) < 4.78 is 0. The summed E-state index contributed by atoms with van der Waals surface area (Å²) in [5.41, 5.74) is 2.39. The van der Waals surface area contributed by atoms with Gasteiger partial charge < -0.3 is 15.1 Å². The van der Waals surface area contributed by atoms with E-state index in [1.807, 2.05) is 60.0 Å². The molecule has 0 unspecified atom stereocenters. The van der Waals surface area contributed by atoms with Gasteiger partial charge in [-0.05, 0) is 24.3 Å². The third-order valence-corrected chi connectivity index (χ3v) is 5.49. The van der Waals surface area contributed by atoms with Crippen molar-refractivity contribution in [1.82, 2.24) is 14.8 Å². The van der Waals surface area contributed by atoms with Crippen molar-refractivity contribution in [2.24, 2.45) is 0 Å². The van der Waals surface area contributed by atoms with E-state index in [9.17, 15) is 9.59 Å². The molecule has 0 saturated carbocycles. The summed E-state index contributed by atoms with van der Waals surface area (Å²) in [4.78, 5) is 33.0. The number of anilines is 1. The van der Waals surface area contributed by atoms with E-state index in [-0.39, 0.29) is 11.9 Å². The number of aromatic nitrogens is 1. The Kier molecular flexibility index (Phi) is 5.34. The fourth-order valence-electron chi connectivity index (χ4n) is 3.17. The molecule has 0 atom stereocenters. The SMILES string of the molecule is O=C(Nc1cccc(-c2nccs2)c1)N1CCN(C(=O)c2ccccc2)CC1. The Morgan fingerprint density at radius 2 is 1.68 bits per heavy atom. The molecular weight excluding hydrogens is 372 g/mol. The number of carbonyl (C=O) groups excluding carboxylic acids is 2. The van der Waals surface area contributed by atoms with Crippen molar-refractivity contribution < 1.29 is 9.59 Å². The fourth-order valence-corrected chi connectivity index (χ4v) is 3.81. The van der Waals surface area contributed by atoms with Gasteiger partial charge in [-0.15, -0.1) is 11.3 Å². The van der Waals surface area contributed by atoms with Gasteiger partial charge in [0.15, 0.2) is 0 Å². The fraction of sp³-hybridized carbons (Fsp3) is 0.190. The molecule has 142 valence electrons. The molecule has 1 aliphatic rings. The van der Waals surface area contributed by atoms with Crippen LogP contribution in [0.4, 0.5) is 10.5 Å². The normalized spacial score (nSPS) is 14.0. The zero-order valence-corrected chi connectivity index (χ0v) is 16.1. The van der Waals surface area contributed by atoms with Gasteiger partial charge in [-0.3, -0.25) is 4.79 Å². The molecule has 1 N–H and O–H groups in total. The van der Waals surface area contributed by atoms with Crippen LogP contribution < -0.4 is 5.32 Å². The van der Waals surface area contributed by atoms with Crippen LogP contribution in [0.1, 0.15) is 10.4 Å². The summed E-state index contributed by atoms with van der Waals surface area (Å²) in [5.74, 6) is 0.0109. The van der Waals surface area contributed by atoms with Crippen LogP contribution in [0.2, 0.25) is 0 Å². The van der Waals surface area contributed by atoms with Crippen LogP contribution in [0.5, 0.6) is 0 Å². The molecule has 3 amide bonds. The maximum absolute atomic E-state index is 12.6. The second kappa shape index (κ2) is 8.22. The smallest absolute Gasteiger partial charge is 0.321 e. The number of rotatable bonds is 3. The van der Waals surface area contributed by atoms with E-state index in [0.29, 0.717) is 31.7 Å². The molecule has 2 aromatic carbocycles. The minimum atomic E-state index is -0.150. The van der Waals surface area contributed by atoms with Gasteiger partial charge in [-0.2, -0.15) is 0 Å². The second-order valence-electron chi connectivity index (χ2n) is 6.49. The Bertz CT molecular complexity index is 952. The lowest BCUT2D eigenvalue weighted by atomic mass is 10.2. The average molecular weight is 392 g/mol. The van der Waals surface area contributed by atoms with Gasteiger partial charge in [-0.1, -0.05) is 30.3 Å². The molecule has 3 aromatic rings. The molecule has 0 spiro atoms. The molecule has 2 heterocycles. The highest BCUT2D eigenvalue weighted by Crippen LogP contribution is 2.24. The third kappa shape index (κ3) is 4.04. The van der Waals surface area contributed by atoms with E-state index >= 15 is 0 Å². The van der Waals surface area contributed by atoms with Gasteiger partial charge in [0.05, 0.1) is 0 Å². The number of piperazine rings is 1. The predicted octanol–water partition coefficient (Wildman–Crippen LogP) is 3.80. The van der Waals surface area contributed by atoms with Gasteiger partial charge >= 0.3 is 6.03 Å². The maximum Gasteiger partial charge on any atom is 0.321 e. The predicted molar refractivity (Wildman–Crippen MR) is 110 cm³/mol. The highest BCUT2D eigenvalue weighted by Gasteiger charge is 2.24. The lowest BCUT2D eigenvalue weighted by Crippen LogP contribution is -2.51. The summed E-state index contributed by atoms with van der Waals surface area (Å²) in [6, 6.07) is 16.8. The first-order valence-corrected chi connectivity index (χ1v) is 9.99. The van der Waals surface area contributed by atoms with Crippen LogP contribution in [0.15, 0.2) is 66.2 Å². The zero-order chi connectivity index (χ0) is 19.3. The second-order valence-corrected chi connectivity index (χ2v) is 7.39. The number of amides is 3. The highest BCUT2D eigenvalue weighted by molar-refractivity contribution is 7.13. The summed E-state index contributed by atoms with van der Waals surface area (Å²) >= 11 is 1.56. The molecule has 1 saturated heterocycles. The third-order valence-electron chi connectivity index (χ3n) is 4.67. The number of carbonyl (C=O) groups is 2. The number of nitrogens with zero attached hydrogens (tertiary/aromatic N) is 3. The Morgan fingerprint density at radius 3 is 2.39 bits per heavy atom. The van der Waals surface area contributed by atoms with Crippen LogP contribution in [0.25, 0.3) is 10.6 Å². The van der Waals surface area contributed by atoms with Gasteiger partial charge in [0.2, 0.25) is 0 Å². The van der Waals surface area contributed by atoms with Crippen molar-refractivity contribution in [2.45, 2.75) is 0 Å². The van der Waals surface area contributed by atoms with Crippen molar-refractivity contribution in [3.63, 3.8) is 0 Å². The largest absolute Gasteiger partial charge is 0.335 e. The van der Waals surface area contributed by atoms with Gasteiger partial charge in [0, 0.05) is 54.6 Å². The molecule has 0 radical (unpaired) electrons. The lowest BCUT2D eigenvalue weighted by molar-refractivity contribution is 0.0671. The highest BCUT2D eigenvalue weighted by atomic mass is 32.1. The van der Waals surface area contributed by atoms with E-state index in [1.54, 1.807) is 27.3 Å². The van der Waals surface area contributed by atoms with Gasteiger partial charge in [-0.25, -0.2) is 9.78 Å². The molecular formula is C21H20N4O2S. The number of thiazole rings is 1. The molecule has 7 heteroatoms.